The minimum absolute atomic E-state index is 0.585. The minimum atomic E-state index is -0.620. The van der Waals surface area contributed by atoms with Gasteiger partial charge in [-0.05, 0) is 31.7 Å². The zero-order chi connectivity index (χ0) is 10.4. The average Bonchev–Trinajstić information content (AvgIpc) is 2.19. The van der Waals surface area contributed by atoms with E-state index >= 15 is 0 Å². The molecule has 0 fully saturated rings. The third-order valence-electron chi connectivity index (χ3n) is 2.37. The summed E-state index contributed by atoms with van der Waals surface area (Å²) in [6.45, 7) is 1.62. The zero-order valence-electron chi connectivity index (χ0n) is 8.56. The van der Waals surface area contributed by atoms with Gasteiger partial charge in [0.25, 0.3) is 0 Å². The number of rotatable bonds is 5. The molecule has 2 heteroatoms. The molecule has 0 aromatic heterocycles. The molecule has 1 aromatic carbocycles. The molecule has 0 spiro atoms. The molecule has 2 N–H and O–H groups in total. The lowest BCUT2D eigenvalue weighted by atomic mass is 10.0. The maximum absolute atomic E-state index is 9.35. The average molecular weight is 194 g/mol. The molecule has 2 unspecified atom stereocenters. The largest absolute Gasteiger partial charge is 0.391 e. The normalized spacial score (nSPS) is 15.1. The van der Waals surface area contributed by atoms with Crippen LogP contribution >= 0.6 is 0 Å². The lowest BCUT2D eigenvalue weighted by Gasteiger charge is -2.12. The second-order valence-electron chi connectivity index (χ2n) is 3.69. The van der Waals surface area contributed by atoms with Crippen LogP contribution in [-0.4, -0.2) is 22.4 Å². The molecule has 0 aliphatic carbocycles. The lowest BCUT2D eigenvalue weighted by Crippen LogP contribution is -2.22. The molecule has 0 bridgehead atoms. The van der Waals surface area contributed by atoms with Crippen molar-refractivity contribution in [2.75, 3.05) is 0 Å². The molecule has 0 saturated heterocycles. The molecule has 1 rings (SSSR count). The SMILES string of the molecule is CC(O)C(O)CCCc1ccccc1. The van der Waals surface area contributed by atoms with Crippen molar-refractivity contribution in [3.8, 4) is 0 Å². The highest BCUT2D eigenvalue weighted by atomic mass is 16.3. The maximum Gasteiger partial charge on any atom is 0.0796 e. The molecule has 2 atom stereocenters. The fourth-order valence-corrected chi connectivity index (χ4v) is 1.40. The summed E-state index contributed by atoms with van der Waals surface area (Å²) in [7, 11) is 0. The molecular formula is C12H18O2. The van der Waals surface area contributed by atoms with E-state index in [1.807, 2.05) is 18.2 Å². The summed E-state index contributed by atoms with van der Waals surface area (Å²) < 4.78 is 0. The van der Waals surface area contributed by atoms with E-state index in [-0.39, 0.29) is 0 Å². The monoisotopic (exact) mass is 194 g/mol. The molecule has 14 heavy (non-hydrogen) atoms. The molecule has 2 nitrogen and oxygen atoms in total. The molecule has 0 heterocycles. The predicted molar refractivity (Wildman–Crippen MR) is 57.1 cm³/mol. The standard InChI is InChI=1S/C12H18O2/c1-10(13)12(14)9-5-8-11-6-3-2-4-7-11/h2-4,6-7,10,12-14H,5,8-9H2,1H3. The van der Waals surface area contributed by atoms with Gasteiger partial charge in [0.15, 0.2) is 0 Å². The first kappa shape index (κ1) is 11.2. The number of benzene rings is 1. The molecule has 0 aliphatic rings. The summed E-state index contributed by atoms with van der Waals surface area (Å²) in [6.07, 6.45) is 1.33. The van der Waals surface area contributed by atoms with E-state index in [0.29, 0.717) is 6.42 Å². The van der Waals surface area contributed by atoms with Gasteiger partial charge in [-0.25, -0.2) is 0 Å². The third-order valence-corrected chi connectivity index (χ3v) is 2.37. The molecular weight excluding hydrogens is 176 g/mol. The Morgan fingerprint density at radius 2 is 1.79 bits per heavy atom. The third kappa shape index (κ3) is 3.90. The van der Waals surface area contributed by atoms with Crippen molar-refractivity contribution in [3.63, 3.8) is 0 Å². The van der Waals surface area contributed by atoms with Crippen LogP contribution in [-0.2, 0) is 6.42 Å². The van der Waals surface area contributed by atoms with Gasteiger partial charge in [-0.15, -0.1) is 0 Å². The quantitative estimate of drug-likeness (QED) is 0.749. The van der Waals surface area contributed by atoms with E-state index in [2.05, 4.69) is 12.1 Å². The van der Waals surface area contributed by atoms with Gasteiger partial charge in [0.2, 0.25) is 0 Å². The van der Waals surface area contributed by atoms with Crippen LogP contribution in [0.25, 0.3) is 0 Å². The molecule has 78 valence electrons. The summed E-state index contributed by atoms with van der Waals surface area (Å²) in [5.41, 5.74) is 1.28. The van der Waals surface area contributed by atoms with Crippen LogP contribution in [0.2, 0.25) is 0 Å². The van der Waals surface area contributed by atoms with Crippen molar-refractivity contribution in [1.29, 1.82) is 0 Å². The Balaban J connectivity index is 2.22. The van der Waals surface area contributed by atoms with Crippen LogP contribution < -0.4 is 0 Å². The Bertz CT molecular complexity index is 244. The van der Waals surface area contributed by atoms with Crippen LogP contribution in [0.3, 0.4) is 0 Å². The zero-order valence-corrected chi connectivity index (χ0v) is 8.56. The Labute approximate surface area is 85.2 Å². The van der Waals surface area contributed by atoms with Crippen molar-refractivity contribution in [2.24, 2.45) is 0 Å². The topological polar surface area (TPSA) is 40.5 Å². The van der Waals surface area contributed by atoms with Crippen molar-refractivity contribution >= 4 is 0 Å². The second-order valence-corrected chi connectivity index (χ2v) is 3.69. The van der Waals surface area contributed by atoms with Gasteiger partial charge in [0.1, 0.15) is 0 Å². The number of aryl methyl sites for hydroxylation is 1. The van der Waals surface area contributed by atoms with Gasteiger partial charge in [0, 0.05) is 0 Å². The number of hydrogen-bond acceptors (Lipinski definition) is 2. The van der Waals surface area contributed by atoms with Crippen molar-refractivity contribution in [3.05, 3.63) is 35.9 Å². The van der Waals surface area contributed by atoms with Crippen molar-refractivity contribution < 1.29 is 10.2 Å². The highest BCUT2D eigenvalue weighted by molar-refractivity contribution is 5.14. The smallest absolute Gasteiger partial charge is 0.0796 e. The van der Waals surface area contributed by atoms with Crippen LogP contribution in [0.1, 0.15) is 25.3 Å². The first-order valence-corrected chi connectivity index (χ1v) is 5.10. The summed E-state index contributed by atoms with van der Waals surface area (Å²) in [6, 6.07) is 10.2. The van der Waals surface area contributed by atoms with Crippen molar-refractivity contribution in [1.82, 2.24) is 0 Å². The van der Waals surface area contributed by atoms with Crippen LogP contribution in [0, 0.1) is 0 Å². The Morgan fingerprint density at radius 3 is 2.36 bits per heavy atom. The molecule has 0 radical (unpaired) electrons. The van der Waals surface area contributed by atoms with E-state index < -0.39 is 12.2 Å². The molecule has 0 amide bonds. The fourth-order valence-electron chi connectivity index (χ4n) is 1.40. The van der Waals surface area contributed by atoms with E-state index in [1.165, 1.54) is 5.56 Å². The first-order valence-electron chi connectivity index (χ1n) is 5.10. The maximum atomic E-state index is 9.35. The summed E-state index contributed by atoms with van der Waals surface area (Å²) in [5.74, 6) is 0. The first-order chi connectivity index (χ1) is 6.70. The minimum Gasteiger partial charge on any atom is -0.391 e. The number of hydrogen-bond donors (Lipinski definition) is 2. The van der Waals surface area contributed by atoms with Gasteiger partial charge in [0.05, 0.1) is 12.2 Å². The van der Waals surface area contributed by atoms with E-state index in [0.717, 1.165) is 12.8 Å². The molecule has 0 saturated carbocycles. The second kappa shape index (κ2) is 5.78. The Hall–Kier alpha value is -0.860. The lowest BCUT2D eigenvalue weighted by molar-refractivity contribution is 0.0251. The fraction of sp³-hybridized carbons (Fsp3) is 0.500. The van der Waals surface area contributed by atoms with E-state index in [4.69, 9.17) is 5.11 Å². The molecule has 0 aliphatic heterocycles. The van der Waals surface area contributed by atoms with Crippen LogP contribution in [0.15, 0.2) is 30.3 Å². The van der Waals surface area contributed by atoms with Crippen LogP contribution in [0.5, 0.6) is 0 Å². The van der Waals surface area contributed by atoms with Gasteiger partial charge in [-0.3, -0.25) is 0 Å². The van der Waals surface area contributed by atoms with Gasteiger partial charge >= 0.3 is 0 Å². The summed E-state index contributed by atoms with van der Waals surface area (Å²) in [5, 5.41) is 18.4. The Morgan fingerprint density at radius 1 is 1.14 bits per heavy atom. The van der Waals surface area contributed by atoms with Crippen LogP contribution in [0.4, 0.5) is 0 Å². The number of aliphatic hydroxyl groups excluding tert-OH is 2. The van der Waals surface area contributed by atoms with E-state index in [9.17, 15) is 5.11 Å². The van der Waals surface area contributed by atoms with E-state index in [1.54, 1.807) is 6.92 Å². The Kier molecular flexibility index (Phi) is 4.63. The summed E-state index contributed by atoms with van der Waals surface area (Å²) >= 11 is 0. The molecule has 1 aromatic rings. The van der Waals surface area contributed by atoms with Gasteiger partial charge in [-0.1, -0.05) is 30.3 Å². The highest BCUT2D eigenvalue weighted by Crippen LogP contribution is 2.08. The van der Waals surface area contributed by atoms with Gasteiger partial charge < -0.3 is 10.2 Å². The van der Waals surface area contributed by atoms with Gasteiger partial charge in [-0.2, -0.15) is 0 Å². The number of aliphatic hydroxyl groups is 2. The van der Waals surface area contributed by atoms with Crippen molar-refractivity contribution in [2.45, 2.75) is 38.4 Å². The highest BCUT2D eigenvalue weighted by Gasteiger charge is 2.09. The predicted octanol–water partition coefficient (Wildman–Crippen LogP) is 1.75. The summed E-state index contributed by atoms with van der Waals surface area (Å²) in [4.78, 5) is 0.